The molecule has 0 unspecified atom stereocenters. The molecule has 27 heavy (non-hydrogen) atoms. The SMILES string of the molecule is Cc1ccc(C(=O)C2CCN(C(=O)c3c[nH]c4nccc(Cl)c34)CC2)cc1. The van der Waals surface area contributed by atoms with Crippen molar-refractivity contribution >= 4 is 34.3 Å². The Morgan fingerprint density at radius 1 is 1.15 bits per heavy atom. The van der Waals surface area contributed by atoms with Crippen LogP contribution < -0.4 is 0 Å². The average Bonchev–Trinajstić information content (AvgIpc) is 3.13. The Labute approximate surface area is 162 Å². The lowest BCUT2D eigenvalue weighted by Gasteiger charge is -2.31. The molecule has 0 bridgehead atoms. The predicted molar refractivity (Wildman–Crippen MR) is 105 cm³/mol. The summed E-state index contributed by atoms with van der Waals surface area (Å²) >= 11 is 6.25. The van der Waals surface area contributed by atoms with Crippen LogP contribution in [0.5, 0.6) is 0 Å². The molecule has 5 nitrogen and oxygen atoms in total. The normalized spacial score (nSPS) is 15.3. The number of fused-ring (bicyclic) bond motifs is 1. The molecule has 0 spiro atoms. The summed E-state index contributed by atoms with van der Waals surface area (Å²) in [7, 11) is 0. The number of likely N-dealkylation sites (tertiary alicyclic amines) is 1. The van der Waals surface area contributed by atoms with Crippen molar-refractivity contribution in [1.29, 1.82) is 0 Å². The largest absolute Gasteiger partial charge is 0.345 e. The quantitative estimate of drug-likeness (QED) is 0.689. The van der Waals surface area contributed by atoms with Crippen molar-refractivity contribution in [3.8, 4) is 0 Å². The number of aromatic nitrogens is 2. The molecule has 1 amide bonds. The van der Waals surface area contributed by atoms with Crippen LogP contribution in [0.25, 0.3) is 11.0 Å². The van der Waals surface area contributed by atoms with Gasteiger partial charge in [-0.15, -0.1) is 0 Å². The van der Waals surface area contributed by atoms with Gasteiger partial charge in [-0.2, -0.15) is 0 Å². The Hall–Kier alpha value is -2.66. The van der Waals surface area contributed by atoms with Gasteiger partial charge in [0.25, 0.3) is 5.91 Å². The predicted octanol–water partition coefficient (Wildman–Crippen LogP) is 4.26. The standard InChI is InChI=1S/C21H20ClN3O2/c1-13-2-4-14(5-3-13)19(26)15-7-10-25(11-8-15)21(27)16-12-24-20-18(16)17(22)6-9-23-20/h2-6,9,12,15H,7-8,10-11H2,1H3,(H,23,24). The molecule has 1 aromatic carbocycles. The van der Waals surface area contributed by atoms with E-state index in [2.05, 4.69) is 9.97 Å². The number of H-pyrrole nitrogens is 1. The zero-order valence-electron chi connectivity index (χ0n) is 15.0. The zero-order chi connectivity index (χ0) is 19.0. The van der Waals surface area contributed by atoms with Crippen molar-refractivity contribution in [1.82, 2.24) is 14.9 Å². The lowest BCUT2D eigenvalue weighted by atomic mass is 9.88. The molecular formula is C21H20ClN3O2. The first-order valence-corrected chi connectivity index (χ1v) is 9.44. The molecule has 3 aromatic rings. The van der Waals surface area contributed by atoms with Crippen LogP contribution >= 0.6 is 11.6 Å². The summed E-state index contributed by atoms with van der Waals surface area (Å²) in [6, 6.07) is 9.37. The van der Waals surface area contributed by atoms with E-state index in [0.717, 1.165) is 11.1 Å². The van der Waals surface area contributed by atoms with E-state index >= 15 is 0 Å². The van der Waals surface area contributed by atoms with E-state index in [0.29, 0.717) is 47.6 Å². The maximum Gasteiger partial charge on any atom is 0.256 e. The molecule has 0 radical (unpaired) electrons. The third-order valence-electron chi connectivity index (χ3n) is 5.24. The van der Waals surface area contributed by atoms with Gasteiger partial charge in [-0.25, -0.2) is 4.98 Å². The highest BCUT2D eigenvalue weighted by Gasteiger charge is 2.29. The topological polar surface area (TPSA) is 66.1 Å². The molecule has 1 saturated heterocycles. The summed E-state index contributed by atoms with van der Waals surface area (Å²) in [6.07, 6.45) is 4.62. The number of halogens is 1. The minimum atomic E-state index is -0.0719. The second kappa shape index (κ2) is 7.16. The summed E-state index contributed by atoms with van der Waals surface area (Å²) in [6.45, 7) is 3.13. The maximum absolute atomic E-state index is 12.9. The summed E-state index contributed by atoms with van der Waals surface area (Å²) in [5.41, 5.74) is 3.03. The van der Waals surface area contributed by atoms with Gasteiger partial charge in [-0.05, 0) is 25.8 Å². The van der Waals surface area contributed by atoms with Crippen molar-refractivity contribution in [2.24, 2.45) is 5.92 Å². The first-order chi connectivity index (χ1) is 13.0. The summed E-state index contributed by atoms with van der Waals surface area (Å²) in [5, 5.41) is 1.16. The third-order valence-corrected chi connectivity index (χ3v) is 5.56. The molecule has 3 heterocycles. The monoisotopic (exact) mass is 381 g/mol. The van der Waals surface area contributed by atoms with Crippen LogP contribution in [0.15, 0.2) is 42.7 Å². The van der Waals surface area contributed by atoms with Crippen LogP contribution in [-0.2, 0) is 0 Å². The van der Waals surface area contributed by atoms with Gasteiger partial charge in [0.1, 0.15) is 5.65 Å². The number of carbonyl (C=O) groups is 2. The third kappa shape index (κ3) is 3.35. The van der Waals surface area contributed by atoms with Crippen LogP contribution in [0.1, 0.15) is 39.1 Å². The van der Waals surface area contributed by atoms with Gasteiger partial charge in [-0.1, -0.05) is 41.4 Å². The Bertz CT molecular complexity index is 1000. The average molecular weight is 382 g/mol. The number of hydrogen-bond donors (Lipinski definition) is 1. The summed E-state index contributed by atoms with van der Waals surface area (Å²) in [5.74, 6) is 0.0591. The fraction of sp³-hybridized carbons (Fsp3) is 0.286. The van der Waals surface area contributed by atoms with Crippen LogP contribution in [0.2, 0.25) is 5.02 Å². The van der Waals surface area contributed by atoms with Gasteiger partial charge >= 0.3 is 0 Å². The molecule has 0 atom stereocenters. The second-order valence-corrected chi connectivity index (χ2v) is 7.42. The minimum absolute atomic E-state index is 0.0371. The van der Waals surface area contributed by atoms with Gasteiger partial charge in [-0.3, -0.25) is 9.59 Å². The zero-order valence-corrected chi connectivity index (χ0v) is 15.8. The Morgan fingerprint density at radius 3 is 2.56 bits per heavy atom. The van der Waals surface area contributed by atoms with Crippen molar-refractivity contribution in [3.63, 3.8) is 0 Å². The van der Waals surface area contributed by atoms with Crippen molar-refractivity contribution < 1.29 is 9.59 Å². The van der Waals surface area contributed by atoms with Gasteiger partial charge < -0.3 is 9.88 Å². The maximum atomic E-state index is 12.9. The van der Waals surface area contributed by atoms with Crippen LogP contribution in [0.4, 0.5) is 0 Å². The molecule has 1 fully saturated rings. The molecule has 0 aliphatic carbocycles. The first-order valence-electron chi connectivity index (χ1n) is 9.06. The van der Waals surface area contributed by atoms with Gasteiger partial charge in [0.2, 0.25) is 0 Å². The van der Waals surface area contributed by atoms with Crippen molar-refractivity contribution in [2.45, 2.75) is 19.8 Å². The molecule has 1 aliphatic rings. The van der Waals surface area contributed by atoms with Crippen LogP contribution in [0, 0.1) is 12.8 Å². The Balaban J connectivity index is 1.46. The number of carbonyl (C=O) groups excluding carboxylic acids is 2. The fourth-order valence-corrected chi connectivity index (χ4v) is 3.90. The summed E-state index contributed by atoms with van der Waals surface area (Å²) < 4.78 is 0. The summed E-state index contributed by atoms with van der Waals surface area (Å²) in [4.78, 5) is 34.7. The number of pyridine rings is 1. The fourth-order valence-electron chi connectivity index (χ4n) is 3.65. The van der Waals surface area contributed by atoms with Gasteiger partial charge in [0.15, 0.2) is 5.78 Å². The van der Waals surface area contributed by atoms with Gasteiger partial charge in [0.05, 0.1) is 16.0 Å². The number of Topliss-reactive ketones (excluding diaryl/α,β-unsaturated/α-hetero) is 1. The molecule has 4 rings (SSSR count). The highest BCUT2D eigenvalue weighted by Crippen LogP contribution is 2.28. The number of rotatable bonds is 3. The highest BCUT2D eigenvalue weighted by atomic mass is 35.5. The number of nitrogens with zero attached hydrogens (tertiary/aromatic N) is 2. The molecule has 1 N–H and O–H groups in total. The van der Waals surface area contributed by atoms with E-state index in [1.54, 1.807) is 23.4 Å². The number of hydrogen-bond acceptors (Lipinski definition) is 3. The van der Waals surface area contributed by atoms with E-state index < -0.39 is 0 Å². The van der Waals surface area contributed by atoms with Gasteiger partial charge in [0, 0.05) is 37.0 Å². The minimum Gasteiger partial charge on any atom is -0.345 e. The van der Waals surface area contributed by atoms with E-state index in [-0.39, 0.29) is 17.6 Å². The lowest BCUT2D eigenvalue weighted by Crippen LogP contribution is -2.40. The molecule has 2 aromatic heterocycles. The number of ketones is 1. The Kier molecular flexibility index (Phi) is 4.70. The molecule has 6 heteroatoms. The van der Waals surface area contributed by atoms with E-state index in [1.165, 1.54) is 0 Å². The van der Waals surface area contributed by atoms with E-state index in [1.807, 2.05) is 31.2 Å². The number of nitrogens with one attached hydrogen (secondary N) is 1. The number of aromatic amines is 1. The van der Waals surface area contributed by atoms with E-state index in [9.17, 15) is 9.59 Å². The van der Waals surface area contributed by atoms with Crippen molar-refractivity contribution in [3.05, 3.63) is 64.4 Å². The van der Waals surface area contributed by atoms with Crippen LogP contribution in [-0.4, -0.2) is 39.6 Å². The number of aryl methyl sites for hydroxylation is 1. The molecule has 1 aliphatic heterocycles. The number of amides is 1. The smallest absolute Gasteiger partial charge is 0.256 e. The lowest BCUT2D eigenvalue weighted by molar-refractivity contribution is 0.0652. The molecule has 138 valence electrons. The van der Waals surface area contributed by atoms with Crippen LogP contribution in [0.3, 0.4) is 0 Å². The van der Waals surface area contributed by atoms with E-state index in [4.69, 9.17) is 11.6 Å². The molecular weight excluding hydrogens is 362 g/mol. The number of benzene rings is 1. The number of piperidine rings is 1. The first kappa shape index (κ1) is 17.7. The molecule has 0 saturated carbocycles. The Morgan fingerprint density at radius 2 is 1.85 bits per heavy atom. The highest BCUT2D eigenvalue weighted by molar-refractivity contribution is 6.36. The van der Waals surface area contributed by atoms with Crippen molar-refractivity contribution in [2.75, 3.05) is 13.1 Å². The second-order valence-electron chi connectivity index (χ2n) is 7.02.